The summed E-state index contributed by atoms with van der Waals surface area (Å²) in [6.07, 6.45) is 3.94. The van der Waals surface area contributed by atoms with Crippen LogP contribution >= 0.6 is 11.3 Å². The van der Waals surface area contributed by atoms with Gasteiger partial charge in [-0.2, -0.15) is 0 Å². The summed E-state index contributed by atoms with van der Waals surface area (Å²) in [5.41, 5.74) is 1.02. The van der Waals surface area contributed by atoms with Gasteiger partial charge in [0.1, 0.15) is 0 Å². The molecule has 0 saturated carbocycles. The largest absolute Gasteiger partial charge is 0.342 e. The first kappa shape index (κ1) is 16.7. The number of rotatable bonds is 3. The summed E-state index contributed by atoms with van der Waals surface area (Å²) >= 11 is 1.71. The van der Waals surface area contributed by atoms with Crippen LogP contribution in [0.4, 0.5) is 0 Å². The molecular weight excluding hydrogens is 356 g/mol. The van der Waals surface area contributed by atoms with Gasteiger partial charge in [-0.1, -0.05) is 18.2 Å². The number of nitrogens with zero attached hydrogens (tertiary/aromatic N) is 2. The molecule has 5 nitrogen and oxygen atoms in total. The van der Waals surface area contributed by atoms with Crippen LogP contribution in [0.15, 0.2) is 35.7 Å². The van der Waals surface area contributed by atoms with Gasteiger partial charge < -0.3 is 4.90 Å². The Bertz CT molecular complexity index is 900. The van der Waals surface area contributed by atoms with Crippen molar-refractivity contribution in [2.45, 2.75) is 25.2 Å². The molecule has 2 aliphatic rings. The van der Waals surface area contributed by atoms with E-state index in [0.29, 0.717) is 6.54 Å². The van der Waals surface area contributed by atoms with E-state index in [9.17, 15) is 13.2 Å². The smallest absolute Gasteiger partial charge is 0.223 e. The molecule has 4 rings (SSSR count). The topological polar surface area (TPSA) is 67.3 Å². The molecule has 25 heavy (non-hydrogen) atoms. The molecule has 0 bridgehead atoms. The van der Waals surface area contributed by atoms with Crippen LogP contribution in [-0.2, 0) is 14.6 Å². The Hall–Kier alpha value is -1.73. The fourth-order valence-corrected chi connectivity index (χ4v) is 6.08. The Morgan fingerprint density at radius 1 is 1.32 bits per heavy atom. The number of fused-ring (bicyclic) bond motifs is 1. The van der Waals surface area contributed by atoms with Crippen LogP contribution in [0, 0.1) is 5.92 Å². The van der Waals surface area contributed by atoms with E-state index >= 15 is 0 Å². The Morgan fingerprint density at radius 3 is 2.92 bits per heavy atom. The minimum Gasteiger partial charge on any atom is -0.342 e. The predicted molar refractivity (Wildman–Crippen MR) is 99.2 cm³/mol. The first-order valence-corrected chi connectivity index (χ1v) is 11.1. The lowest BCUT2D eigenvalue weighted by Gasteiger charge is -2.32. The average molecular weight is 377 g/mol. The number of amides is 1. The number of hydrogen-bond acceptors (Lipinski definition) is 5. The van der Waals surface area contributed by atoms with Gasteiger partial charge in [-0.15, -0.1) is 11.3 Å². The zero-order valence-corrected chi connectivity index (χ0v) is 15.4. The molecule has 2 aromatic rings. The molecule has 0 spiro atoms. The van der Waals surface area contributed by atoms with Crippen LogP contribution in [0.25, 0.3) is 10.2 Å². The van der Waals surface area contributed by atoms with E-state index in [4.69, 9.17) is 4.98 Å². The van der Waals surface area contributed by atoms with E-state index in [0.717, 1.165) is 29.9 Å². The van der Waals surface area contributed by atoms with Crippen LogP contribution in [0.3, 0.4) is 0 Å². The van der Waals surface area contributed by atoms with Crippen molar-refractivity contribution in [1.29, 1.82) is 0 Å². The third kappa shape index (κ3) is 3.62. The predicted octanol–water partition coefficient (Wildman–Crippen LogP) is 2.95. The van der Waals surface area contributed by atoms with E-state index in [-0.39, 0.29) is 29.9 Å². The van der Waals surface area contributed by atoms with Crippen LogP contribution in [-0.4, -0.2) is 43.1 Å². The third-order valence-electron chi connectivity index (χ3n) is 4.88. The number of benzene rings is 1. The van der Waals surface area contributed by atoms with Crippen LogP contribution in [0.2, 0.25) is 0 Å². The van der Waals surface area contributed by atoms with Gasteiger partial charge in [0.2, 0.25) is 5.91 Å². The molecule has 132 valence electrons. The average Bonchev–Trinajstić information content (AvgIpc) is 3.18. The van der Waals surface area contributed by atoms with Crippen molar-refractivity contribution in [1.82, 2.24) is 9.88 Å². The van der Waals surface area contributed by atoms with Gasteiger partial charge in [-0.25, -0.2) is 13.4 Å². The molecule has 0 aliphatic carbocycles. The monoisotopic (exact) mass is 376 g/mol. The van der Waals surface area contributed by atoms with Crippen molar-refractivity contribution in [3.8, 4) is 0 Å². The molecule has 0 radical (unpaired) electrons. The summed E-state index contributed by atoms with van der Waals surface area (Å²) in [5.74, 6) is 0.212. The quantitative estimate of drug-likeness (QED) is 0.826. The highest BCUT2D eigenvalue weighted by Crippen LogP contribution is 2.33. The van der Waals surface area contributed by atoms with E-state index in [1.807, 2.05) is 23.1 Å². The summed E-state index contributed by atoms with van der Waals surface area (Å²) in [6, 6.07) is 8.11. The number of carbonyl (C=O) groups excluding carboxylic acids is 1. The molecule has 1 fully saturated rings. The Kier molecular flexibility index (Phi) is 4.37. The molecule has 1 aromatic carbocycles. The molecule has 7 heteroatoms. The summed E-state index contributed by atoms with van der Waals surface area (Å²) in [7, 11) is -3.10. The van der Waals surface area contributed by atoms with Gasteiger partial charge in [0.15, 0.2) is 9.84 Å². The molecule has 0 N–H and O–H groups in total. The van der Waals surface area contributed by atoms with E-state index in [1.165, 1.54) is 10.1 Å². The van der Waals surface area contributed by atoms with Crippen molar-refractivity contribution in [2.75, 3.05) is 18.8 Å². The Labute approximate surface area is 151 Å². The number of aromatic nitrogens is 1. The molecular formula is C18H20N2O3S2. The first-order valence-electron chi connectivity index (χ1n) is 8.54. The molecule has 1 amide bonds. The lowest BCUT2D eigenvalue weighted by molar-refractivity contribution is -0.132. The fraction of sp³-hybridized carbons (Fsp3) is 0.444. The van der Waals surface area contributed by atoms with Crippen LogP contribution < -0.4 is 0 Å². The standard InChI is InChI=1S/C18H20N2O3S2/c21-17(10-13-7-9-25(22,23)12-13)20-8-3-4-14(11-20)18-19-15-5-1-2-6-16(15)24-18/h1-2,5-7,9,13-14H,3-4,8,10-12H2. The minimum absolute atomic E-state index is 0.0533. The van der Waals surface area contributed by atoms with Crippen LogP contribution in [0.5, 0.6) is 0 Å². The van der Waals surface area contributed by atoms with Crippen LogP contribution in [0.1, 0.15) is 30.2 Å². The molecule has 2 aliphatic heterocycles. The lowest BCUT2D eigenvalue weighted by atomic mass is 9.97. The number of sulfone groups is 1. The van der Waals surface area contributed by atoms with E-state index < -0.39 is 9.84 Å². The maximum absolute atomic E-state index is 12.6. The van der Waals surface area contributed by atoms with Crippen molar-refractivity contribution >= 4 is 37.3 Å². The number of hydrogen-bond donors (Lipinski definition) is 0. The van der Waals surface area contributed by atoms with Gasteiger partial charge in [0, 0.05) is 36.8 Å². The highest BCUT2D eigenvalue weighted by atomic mass is 32.2. The van der Waals surface area contributed by atoms with E-state index in [2.05, 4.69) is 6.07 Å². The number of allylic oxidation sites excluding steroid dienone is 1. The summed E-state index contributed by atoms with van der Waals surface area (Å²) in [5, 5.41) is 2.34. The number of thiazole rings is 1. The summed E-state index contributed by atoms with van der Waals surface area (Å²) in [6.45, 7) is 1.44. The van der Waals surface area contributed by atoms with Gasteiger partial charge in [-0.3, -0.25) is 4.79 Å². The molecule has 3 heterocycles. The highest BCUT2D eigenvalue weighted by molar-refractivity contribution is 7.94. The minimum atomic E-state index is -3.10. The van der Waals surface area contributed by atoms with E-state index in [1.54, 1.807) is 17.4 Å². The number of para-hydroxylation sites is 1. The zero-order chi connectivity index (χ0) is 17.4. The highest BCUT2D eigenvalue weighted by Gasteiger charge is 2.30. The van der Waals surface area contributed by atoms with Crippen molar-refractivity contribution in [3.05, 3.63) is 40.8 Å². The number of likely N-dealkylation sites (tertiary alicyclic amines) is 1. The summed E-state index contributed by atoms with van der Waals surface area (Å²) < 4.78 is 24.2. The molecule has 1 aromatic heterocycles. The van der Waals surface area contributed by atoms with Gasteiger partial charge in [0.25, 0.3) is 0 Å². The SMILES string of the molecule is O=C(CC1C=CS(=O)(=O)C1)N1CCCC(c2nc3ccccc3s2)C1. The number of carbonyl (C=O) groups is 1. The maximum atomic E-state index is 12.6. The Balaban J connectivity index is 1.43. The lowest BCUT2D eigenvalue weighted by Crippen LogP contribution is -2.39. The second-order valence-corrected chi connectivity index (χ2v) is 9.81. The fourth-order valence-electron chi connectivity index (χ4n) is 3.59. The zero-order valence-electron chi connectivity index (χ0n) is 13.8. The third-order valence-corrected chi connectivity index (χ3v) is 7.54. The number of piperidine rings is 1. The first-order chi connectivity index (χ1) is 12.0. The second-order valence-electron chi connectivity index (χ2n) is 6.82. The van der Waals surface area contributed by atoms with Crippen molar-refractivity contribution in [2.24, 2.45) is 5.92 Å². The summed E-state index contributed by atoms with van der Waals surface area (Å²) in [4.78, 5) is 19.2. The van der Waals surface area contributed by atoms with Crippen molar-refractivity contribution in [3.63, 3.8) is 0 Å². The van der Waals surface area contributed by atoms with Gasteiger partial charge >= 0.3 is 0 Å². The maximum Gasteiger partial charge on any atom is 0.223 e. The molecule has 1 saturated heterocycles. The normalized spacial score (nSPS) is 25.5. The van der Waals surface area contributed by atoms with Gasteiger partial charge in [0.05, 0.1) is 21.0 Å². The Morgan fingerprint density at radius 2 is 2.16 bits per heavy atom. The molecule has 2 unspecified atom stereocenters. The van der Waals surface area contributed by atoms with Crippen molar-refractivity contribution < 1.29 is 13.2 Å². The molecule has 2 atom stereocenters. The second kappa shape index (κ2) is 6.53. The van der Waals surface area contributed by atoms with Gasteiger partial charge in [-0.05, 0) is 25.0 Å².